The molecule has 100 valence electrons. The molecule has 1 saturated heterocycles. The molecule has 1 aliphatic heterocycles. The summed E-state index contributed by atoms with van der Waals surface area (Å²) in [6, 6.07) is 10.2. The summed E-state index contributed by atoms with van der Waals surface area (Å²) < 4.78 is 1.32. The molecular weight excluding hydrogens is 335 g/mol. The molecule has 0 aliphatic carbocycles. The molecule has 1 fully saturated rings. The Labute approximate surface area is 124 Å². The van der Waals surface area contributed by atoms with Gasteiger partial charge in [-0.1, -0.05) is 26.0 Å². The van der Waals surface area contributed by atoms with E-state index in [-0.39, 0.29) is 0 Å². The third kappa shape index (κ3) is 4.21. The van der Waals surface area contributed by atoms with Crippen molar-refractivity contribution in [1.29, 1.82) is 0 Å². The van der Waals surface area contributed by atoms with Gasteiger partial charge in [0.15, 0.2) is 0 Å². The number of nitrogens with one attached hydrogen (secondary N) is 1. The fourth-order valence-electron chi connectivity index (χ4n) is 2.53. The molecule has 0 amide bonds. The molecule has 1 N–H and O–H groups in total. The molecule has 1 atom stereocenters. The lowest BCUT2D eigenvalue weighted by molar-refractivity contribution is 0.236. The fourth-order valence-corrected chi connectivity index (χ4v) is 2.89. The van der Waals surface area contributed by atoms with E-state index >= 15 is 0 Å². The van der Waals surface area contributed by atoms with Crippen LogP contribution in [0.1, 0.15) is 32.3 Å². The maximum Gasteiger partial charge on any atom is 0.0237 e. The summed E-state index contributed by atoms with van der Waals surface area (Å²) in [5.41, 5.74) is 1.44. The van der Waals surface area contributed by atoms with E-state index in [1.54, 1.807) is 0 Å². The zero-order valence-corrected chi connectivity index (χ0v) is 13.5. The van der Waals surface area contributed by atoms with Crippen molar-refractivity contribution in [3.63, 3.8) is 0 Å². The zero-order valence-electron chi connectivity index (χ0n) is 11.3. The first kappa shape index (κ1) is 14.3. The second-order valence-electron chi connectivity index (χ2n) is 5.46. The summed E-state index contributed by atoms with van der Waals surface area (Å²) in [4.78, 5) is 2.62. The Morgan fingerprint density at radius 2 is 2.06 bits per heavy atom. The van der Waals surface area contributed by atoms with Crippen LogP contribution in [0, 0.1) is 3.57 Å². The van der Waals surface area contributed by atoms with Crippen molar-refractivity contribution in [3.8, 4) is 0 Å². The average Bonchev–Trinajstić information content (AvgIpc) is 2.77. The molecule has 1 aromatic rings. The van der Waals surface area contributed by atoms with Crippen molar-refractivity contribution in [3.05, 3.63) is 33.4 Å². The summed E-state index contributed by atoms with van der Waals surface area (Å²) in [6.07, 6.45) is 2.68. The Bertz CT molecular complexity index is 361. The normalized spacial score (nSPS) is 20.8. The first-order chi connectivity index (χ1) is 8.65. The van der Waals surface area contributed by atoms with E-state index in [1.165, 1.54) is 28.5 Å². The second-order valence-corrected chi connectivity index (χ2v) is 6.70. The maximum absolute atomic E-state index is 3.57. The van der Waals surface area contributed by atoms with Gasteiger partial charge in [-0.3, -0.25) is 4.90 Å². The van der Waals surface area contributed by atoms with Crippen molar-refractivity contribution in [2.45, 2.75) is 45.3 Å². The van der Waals surface area contributed by atoms with Crippen LogP contribution >= 0.6 is 22.6 Å². The minimum Gasteiger partial charge on any atom is -0.313 e. The first-order valence-corrected chi connectivity index (χ1v) is 7.95. The third-order valence-electron chi connectivity index (χ3n) is 3.56. The van der Waals surface area contributed by atoms with Gasteiger partial charge >= 0.3 is 0 Å². The number of nitrogens with zero attached hydrogens (tertiary/aromatic N) is 1. The van der Waals surface area contributed by atoms with Gasteiger partial charge in [0.2, 0.25) is 0 Å². The second kappa shape index (κ2) is 6.87. The summed E-state index contributed by atoms with van der Waals surface area (Å²) in [5, 5.41) is 3.57. The van der Waals surface area contributed by atoms with E-state index in [0.717, 1.165) is 13.1 Å². The SMILES string of the molecule is CC(C)NCC1CCCN1Cc1ccc(I)cc1. The van der Waals surface area contributed by atoms with Crippen LogP contribution in [0.3, 0.4) is 0 Å². The molecule has 2 rings (SSSR count). The van der Waals surface area contributed by atoms with Gasteiger partial charge in [0.25, 0.3) is 0 Å². The lowest BCUT2D eigenvalue weighted by atomic mass is 10.1. The predicted octanol–water partition coefficient (Wildman–Crippen LogP) is 3.25. The molecular formula is C15H23IN2. The lowest BCUT2D eigenvalue weighted by Crippen LogP contribution is -2.39. The standard InChI is InChI=1S/C15H23IN2/c1-12(2)17-10-15-4-3-9-18(15)11-13-5-7-14(16)8-6-13/h5-8,12,15,17H,3-4,9-11H2,1-2H3. The highest BCUT2D eigenvalue weighted by Crippen LogP contribution is 2.20. The van der Waals surface area contributed by atoms with Gasteiger partial charge < -0.3 is 5.32 Å². The minimum absolute atomic E-state index is 0.589. The Morgan fingerprint density at radius 1 is 1.33 bits per heavy atom. The summed E-state index contributed by atoms with van der Waals surface area (Å²) in [6.45, 7) is 7.91. The molecule has 0 saturated carbocycles. The van der Waals surface area contributed by atoms with Crippen LogP contribution in [0.2, 0.25) is 0 Å². The van der Waals surface area contributed by atoms with Crippen LogP contribution in [0.4, 0.5) is 0 Å². The van der Waals surface area contributed by atoms with Gasteiger partial charge in [-0.15, -0.1) is 0 Å². The van der Waals surface area contributed by atoms with Crippen LogP contribution in [0.5, 0.6) is 0 Å². The van der Waals surface area contributed by atoms with Crippen molar-refractivity contribution < 1.29 is 0 Å². The monoisotopic (exact) mass is 358 g/mol. The van der Waals surface area contributed by atoms with E-state index in [9.17, 15) is 0 Å². The number of benzene rings is 1. The van der Waals surface area contributed by atoms with Crippen molar-refractivity contribution in [2.75, 3.05) is 13.1 Å². The molecule has 18 heavy (non-hydrogen) atoms. The summed E-state index contributed by atoms with van der Waals surface area (Å²) in [5.74, 6) is 0. The molecule has 2 nitrogen and oxygen atoms in total. The summed E-state index contributed by atoms with van der Waals surface area (Å²) in [7, 11) is 0. The maximum atomic E-state index is 3.57. The quantitative estimate of drug-likeness (QED) is 0.813. The molecule has 1 unspecified atom stereocenters. The smallest absolute Gasteiger partial charge is 0.0237 e. The Balaban J connectivity index is 1.89. The van der Waals surface area contributed by atoms with E-state index in [4.69, 9.17) is 0 Å². The fraction of sp³-hybridized carbons (Fsp3) is 0.600. The van der Waals surface area contributed by atoms with Gasteiger partial charge in [-0.05, 0) is 59.7 Å². The highest BCUT2D eigenvalue weighted by Gasteiger charge is 2.24. The Hall–Kier alpha value is -0.130. The number of likely N-dealkylation sites (tertiary alicyclic amines) is 1. The average molecular weight is 358 g/mol. The number of hydrogen-bond acceptors (Lipinski definition) is 2. The number of hydrogen-bond donors (Lipinski definition) is 1. The Kier molecular flexibility index (Phi) is 5.45. The van der Waals surface area contributed by atoms with Gasteiger partial charge in [0.1, 0.15) is 0 Å². The van der Waals surface area contributed by atoms with E-state index in [1.807, 2.05) is 0 Å². The largest absolute Gasteiger partial charge is 0.313 e. The van der Waals surface area contributed by atoms with Gasteiger partial charge in [-0.2, -0.15) is 0 Å². The van der Waals surface area contributed by atoms with Gasteiger partial charge in [-0.25, -0.2) is 0 Å². The number of halogens is 1. The highest BCUT2D eigenvalue weighted by atomic mass is 127. The van der Waals surface area contributed by atoms with Gasteiger partial charge in [0.05, 0.1) is 0 Å². The molecule has 1 aliphatic rings. The van der Waals surface area contributed by atoms with Crippen molar-refractivity contribution in [2.24, 2.45) is 0 Å². The Morgan fingerprint density at radius 3 is 2.72 bits per heavy atom. The van der Waals surface area contributed by atoms with Crippen LogP contribution in [-0.2, 0) is 6.54 Å². The van der Waals surface area contributed by atoms with E-state index in [0.29, 0.717) is 12.1 Å². The molecule has 3 heteroatoms. The molecule has 0 bridgehead atoms. The summed E-state index contributed by atoms with van der Waals surface area (Å²) >= 11 is 2.36. The minimum atomic E-state index is 0.589. The highest BCUT2D eigenvalue weighted by molar-refractivity contribution is 14.1. The first-order valence-electron chi connectivity index (χ1n) is 6.87. The number of rotatable bonds is 5. The van der Waals surface area contributed by atoms with Crippen LogP contribution < -0.4 is 5.32 Å². The zero-order chi connectivity index (χ0) is 13.0. The van der Waals surface area contributed by atoms with Gasteiger partial charge in [0, 0.05) is 28.7 Å². The lowest BCUT2D eigenvalue weighted by Gasteiger charge is -2.25. The molecule has 1 aromatic carbocycles. The van der Waals surface area contributed by atoms with Crippen LogP contribution in [0.15, 0.2) is 24.3 Å². The third-order valence-corrected chi connectivity index (χ3v) is 4.28. The predicted molar refractivity (Wildman–Crippen MR) is 85.7 cm³/mol. The molecule has 0 aromatic heterocycles. The van der Waals surface area contributed by atoms with E-state index in [2.05, 4.69) is 70.9 Å². The van der Waals surface area contributed by atoms with Crippen molar-refractivity contribution in [1.82, 2.24) is 10.2 Å². The van der Waals surface area contributed by atoms with E-state index < -0.39 is 0 Å². The molecule has 0 spiro atoms. The van der Waals surface area contributed by atoms with Crippen LogP contribution in [0.25, 0.3) is 0 Å². The topological polar surface area (TPSA) is 15.3 Å². The molecule has 1 heterocycles. The molecule has 0 radical (unpaired) electrons. The van der Waals surface area contributed by atoms with Crippen molar-refractivity contribution >= 4 is 22.6 Å². The van der Waals surface area contributed by atoms with Crippen LogP contribution in [-0.4, -0.2) is 30.1 Å².